The fourth-order valence-electron chi connectivity index (χ4n) is 3.51. The summed E-state index contributed by atoms with van der Waals surface area (Å²) in [4.78, 5) is 15.8. The summed E-state index contributed by atoms with van der Waals surface area (Å²) >= 11 is 0. The second-order valence-electron chi connectivity index (χ2n) is 7.62. The molecule has 1 aliphatic heterocycles. The van der Waals surface area contributed by atoms with Crippen molar-refractivity contribution in [2.24, 2.45) is 5.92 Å². The Morgan fingerprint density at radius 3 is 2.63 bits per heavy atom. The van der Waals surface area contributed by atoms with E-state index in [9.17, 15) is 13.2 Å². The van der Waals surface area contributed by atoms with E-state index in [1.165, 1.54) is 24.1 Å². The topological polar surface area (TPSA) is 80.5 Å². The number of nitrogens with zero attached hydrogens (tertiary/aromatic N) is 4. The number of carbonyl (C=O) groups is 1. The highest BCUT2D eigenvalue weighted by Crippen LogP contribution is 2.34. The third-order valence-electron chi connectivity index (χ3n) is 5.12. The van der Waals surface area contributed by atoms with Crippen LogP contribution in [0.5, 0.6) is 0 Å². The number of alkyl halides is 3. The third-order valence-corrected chi connectivity index (χ3v) is 5.12. The molecule has 0 bridgehead atoms. The molecule has 0 spiro atoms. The van der Waals surface area contributed by atoms with Gasteiger partial charge in [-0.2, -0.15) is 18.3 Å². The van der Waals surface area contributed by atoms with Crippen LogP contribution in [0.1, 0.15) is 35.7 Å². The summed E-state index contributed by atoms with van der Waals surface area (Å²) in [6.45, 7) is 4.67. The predicted octanol–water partition coefficient (Wildman–Crippen LogP) is 3.07. The Bertz CT molecular complexity index is 838. The first-order valence-corrected chi connectivity index (χ1v) is 9.73. The summed E-state index contributed by atoms with van der Waals surface area (Å²) in [6, 6.07) is 6.13. The first kappa shape index (κ1) is 22.2. The molecule has 1 N–H and O–H groups in total. The lowest BCUT2D eigenvalue weighted by molar-refractivity contribution is -0.192. The van der Waals surface area contributed by atoms with E-state index in [2.05, 4.69) is 38.0 Å². The zero-order chi connectivity index (χ0) is 21.7. The second kappa shape index (κ2) is 9.57. The van der Waals surface area contributed by atoms with E-state index in [1.54, 1.807) is 7.11 Å². The number of ether oxygens (including phenoxy) is 1. The van der Waals surface area contributed by atoms with Gasteiger partial charge in [0, 0.05) is 51.0 Å². The summed E-state index contributed by atoms with van der Waals surface area (Å²) in [5.74, 6) is -1.51. The molecule has 7 nitrogen and oxygen atoms in total. The molecule has 1 saturated carbocycles. The summed E-state index contributed by atoms with van der Waals surface area (Å²) in [5, 5.41) is 11.8. The highest BCUT2D eigenvalue weighted by molar-refractivity contribution is 5.73. The van der Waals surface area contributed by atoms with E-state index in [-0.39, 0.29) is 0 Å². The number of halogens is 3. The SMILES string of the molecule is COCC1CN(Cc2ccccn2)Cc2c1cnn2CC1CC1.O=C(O)C(F)(F)F. The Balaban J connectivity index is 0.000000318. The average Bonchev–Trinajstić information content (AvgIpc) is 3.42. The molecule has 1 unspecified atom stereocenters. The van der Waals surface area contributed by atoms with Crippen LogP contribution in [0.3, 0.4) is 0 Å². The number of hydrogen-bond acceptors (Lipinski definition) is 5. The molecule has 0 amide bonds. The molecule has 2 aliphatic rings. The van der Waals surface area contributed by atoms with Gasteiger partial charge in [0.2, 0.25) is 0 Å². The number of carboxylic acids is 1. The van der Waals surface area contributed by atoms with Crippen molar-refractivity contribution in [2.75, 3.05) is 20.3 Å². The number of pyridine rings is 1. The van der Waals surface area contributed by atoms with E-state index in [4.69, 9.17) is 14.6 Å². The normalized spacial score (nSPS) is 19.0. The van der Waals surface area contributed by atoms with Gasteiger partial charge < -0.3 is 9.84 Å². The van der Waals surface area contributed by atoms with E-state index in [0.29, 0.717) is 5.92 Å². The molecule has 10 heteroatoms. The maximum Gasteiger partial charge on any atom is 0.490 e. The van der Waals surface area contributed by atoms with Crippen LogP contribution in [0, 0.1) is 5.92 Å². The van der Waals surface area contributed by atoms with E-state index >= 15 is 0 Å². The average molecular weight is 426 g/mol. The Morgan fingerprint density at radius 2 is 2.07 bits per heavy atom. The quantitative estimate of drug-likeness (QED) is 0.765. The minimum atomic E-state index is -5.08. The van der Waals surface area contributed by atoms with Crippen molar-refractivity contribution in [2.45, 2.75) is 44.6 Å². The van der Waals surface area contributed by atoms with Crippen molar-refractivity contribution in [1.82, 2.24) is 19.7 Å². The number of fused-ring (bicyclic) bond motifs is 1. The molecule has 3 heterocycles. The molecule has 1 fully saturated rings. The van der Waals surface area contributed by atoms with E-state index < -0.39 is 12.1 Å². The molecule has 1 atom stereocenters. The summed E-state index contributed by atoms with van der Waals surface area (Å²) in [7, 11) is 1.78. The lowest BCUT2D eigenvalue weighted by Crippen LogP contribution is -2.35. The predicted molar refractivity (Wildman–Crippen MR) is 102 cm³/mol. The Morgan fingerprint density at radius 1 is 1.33 bits per heavy atom. The van der Waals surface area contributed by atoms with Crippen molar-refractivity contribution in [3.8, 4) is 0 Å². The number of aliphatic carboxylic acids is 1. The Labute approximate surface area is 172 Å². The van der Waals surface area contributed by atoms with Gasteiger partial charge in [-0.25, -0.2) is 4.79 Å². The van der Waals surface area contributed by atoms with Crippen LogP contribution >= 0.6 is 0 Å². The van der Waals surface area contributed by atoms with Crippen LogP contribution in [-0.2, 0) is 29.2 Å². The highest BCUT2D eigenvalue weighted by Gasteiger charge is 2.38. The van der Waals surface area contributed by atoms with Crippen molar-refractivity contribution in [1.29, 1.82) is 0 Å². The second-order valence-corrected chi connectivity index (χ2v) is 7.62. The maximum atomic E-state index is 10.6. The van der Waals surface area contributed by atoms with Gasteiger partial charge in [-0.3, -0.25) is 14.6 Å². The monoisotopic (exact) mass is 426 g/mol. The maximum absolute atomic E-state index is 10.6. The lowest BCUT2D eigenvalue weighted by atomic mass is 9.95. The molecular formula is C20H25F3N4O3. The standard InChI is InChI=1S/C18H24N4O.C2HF3O2/c1-23-13-15-10-21(11-16-4-2-3-7-19-16)12-18-17(15)8-20-22(18)9-14-5-6-14;3-2(4,5)1(6)7/h2-4,7-8,14-15H,5-6,9-13H2,1H3;(H,6,7). The zero-order valence-corrected chi connectivity index (χ0v) is 16.7. The van der Waals surface area contributed by atoms with Gasteiger partial charge in [-0.05, 0) is 30.9 Å². The third kappa shape index (κ3) is 6.02. The molecule has 0 radical (unpaired) electrons. The van der Waals surface area contributed by atoms with Crippen molar-refractivity contribution < 1.29 is 27.8 Å². The van der Waals surface area contributed by atoms with Crippen molar-refractivity contribution in [3.63, 3.8) is 0 Å². The van der Waals surface area contributed by atoms with Crippen molar-refractivity contribution >= 4 is 5.97 Å². The first-order valence-electron chi connectivity index (χ1n) is 9.73. The number of aromatic nitrogens is 3. The summed E-state index contributed by atoms with van der Waals surface area (Å²) in [5.41, 5.74) is 3.88. The van der Waals surface area contributed by atoms with Crippen LogP contribution in [0.2, 0.25) is 0 Å². The van der Waals surface area contributed by atoms with Gasteiger partial charge in [0.05, 0.1) is 24.2 Å². The molecular weight excluding hydrogens is 401 g/mol. The molecule has 2 aromatic rings. The number of rotatable bonds is 6. The molecule has 0 aromatic carbocycles. The number of carboxylic acid groups (broad SMARTS) is 1. The van der Waals surface area contributed by atoms with E-state index in [1.807, 2.05) is 12.3 Å². The minimum Gasteiger partial charge on any atom is -0.475 e. The van der Waals surface area contributed by atoms with E-state index in [0.717, 1.165) is 44.4 Å². The number of methoxy groups -OCH3 is 1. The van der Waals surface area contributed by atoms with Gasteiger partial charge in [-0.1, -0.05) is 6.07 Å². The highest BCUT2D eigenvalue weighted by atomic mass is 19.4. The Kier molecular flexibility index (Phi) is 7.09. The first-order chi connectivity index (χ1) is 14.3. The van der Waals surface area contributed by atoms with Gasteiger partial charge >= 0.3 is 12.1 Å². The van der Waals surface area contributed by atoms with Crippen LogP contribution in [0.4, 0.5) is 13.2 Å². The molecule has 0 saturated heterocycles. The van der Waals surface area contributed by atoms with Crippen LogP contribution < -0.4 is 0 Å². The van der Waals surface area contributed by atoms with Crippen LogP contribution in [-0.4, -0.2) is 57.2 Å². The minimum absolute atomic E-state index is 0.403. The summed E-state index contributed by atoms with van der Waals surface area (Å²) < 4.78 is 39.4. The fraction of sp³-hybridized carbons (Fsp3) is 0.550. The lowest BCUT2D eigenvalue weighted by Gasteiger charge is -2.32. The Hall–Kier alpha value is -2.46. The van der Waals surface area contributed by atoms with Crippen LogP contribution in [0.15, 0.2) is 30.6 Å². The smallest absolute Gasteiger partial charge is 0.475 e. The van der Waals surface area contributed by atoms with Crippen LogP contribution in [0.25, 0.3) is 0 Å². The number of hydrogen-bond donors (Lipinski definition) is 1. The molecule has 164 valence electrons. The van der Waals surface area contributed by atoms with Crippen molar-refractivity contribution in [3.05, 3.63) is 47.5 Å². The molecule has 1 aliphatic carbocycles. The van der Waals surface area contributed by atoms with Gasteiger partial charge in [0.15, 0.2) is 0 Å². The van der Waals surface area contributed by atoms with Gasteiger partial charge in [-0.15, -0.1) is 0 Å². The largest absolute Gasteiger partial charge is 0.490 e. The zero-order valence-electron chi connectivity index (χ0n) is 16.7. The molecule has 2 aromatic heterocycles. The van der Waals surface area contributed by atoms with Gasteiger partial charge in [0.25, 0.3) is 0 Å². The molecule has 4 rings (SSSR count). The fourth-order valence-corrected chi connectivity index (χ4v) is 3.51. The summed E-state index contributed by atoms with van der Waals surface area (Å²) in [6.07, 6.45) is 1.57. The van der Waals surface area contributed by atoms with Gasteiger partial charge in [0.1, 0.15) is 0 Å². The molecule has 30 heavy (non-hydrogen) atoms.